The fraction of sp³-hybridized carbons (Fsp3) is 0.963. The van der Waals surface area contributed by atoms with Crippen LogP contribution >= 0.6 is 23.5 Å². The molecule has 1 saturated heterocycles. The fourth-order valence-corrected chi connectivity index (χ4v) is 6.94. The van der Waals surface area contributed by atoms with E-state index in [-0.39, 0.29) is 0 Å². The number of unbranched alkanes of at least 4 members (excludes halogenated alkanes) is 18. The molecule has 0 bridgehead atoms. The van der Waals surface area contributed by atoms with E-state index in [9.17, 15) is 0 Å². The molecule has 1 fully saturated rings. The molecule has 30 heavy (non-hydrogen) atoms. The number of hydrogen-bond acceptors (Lipinski definition) is 2. The molecule has 1 aliphatic rings. The van der Waals surface area contributed by atoms with Crippen LogP contribution in [0.3, 0.4) is 0 Å². The van der Waals surface area contributed by atoms with Crippen LogP contribution in [0.25, 0.3) is 0 Å². The Kier molecular flexibility index (Phi) is 21.4. The standard InChI is InChI=1S/C27H54NS2/c1-3-5-7-9-11-13-15-17-19-21-23-28(27-29-25-26-30-27)24-22-20-18-16-14-12-10-8-6-4-2/h3-26H2,1-2H3/q+1. The van der Waals surface area contributed by atoms with Gasteiger partial charge in [0, 0.05) is 24.3 Å². The van der Waals surface area contributed by atoms with Crippen molar-refractivity contribution in [2.24, 2.45) is 0 Å². The summed E-state index contributed by atoms with van der Waals surface area (Å²) in [4.78, 5) is 0. The summed E-state index contributed by atoms with van der Waals surface area (Å²) >= 11 is 4.24. The van der Waals surface area contributed by atoms with Crippen LogP contribution in [-0.4, -0.2) is 33.5 Å². The molecule has 0 saturated carbocycles. The highest BCUT2D eigenvalue weighted by atomic mass is 32.2. The highest BCUT2D eigenvalue weighted by Gasteiger charge is 2.21. The van der Waals surface area contributed by atoms with E-state index < -0.39 is 0 Å². The zero-order chi connectivity index (χ0) is 21.5. The van der Waals surface area contributed by atoms with Crippen LogP contribution in [0.15, 0.2) is 0 Å². The van der Waals surface area contributed by atoms with Gasteiger partial charge < -0.3 is 0 Å². The van der Waals surface area contributed by atoms with Gasteiger partial charge in [0.25, 0.3) is 4.38 Å². The Morgan fingerprint density at radius 3 is 1.10 bits per heavy atom. The van der Waals surface area contributed by atoms with Gasteiger partial charge in [0.15, 0.2) is 0 Å². The summed E-state index contributed by atoms with van der Waals surface area (Å²) in [6, 6.07) is 0. The van der Waals surface area contributed by atoms with Crippen molar-refractivity contribution in [3.8, 4) is 0 Å². The SMILES string of the molecule is CCCCCCCCCCCC[N+](CCCCCCCCCCCC)=C1SCCS1. The van der Waals surface area contributed by atoms with E-state index >= 15 is 0 Å². The molecule has 3 heteroatoms. The van der Waals surface area contributed by atoms with Gasteiger partial charge in [-0.2, -0.15) is 0 Å². The highest BCUT2D eigenvalue weighted by Crippen LogP contribution is 2.26. The Labute approximate surface area is 199 Å². The molecule has 0 atom stereocenters. The van der Waals surface area contributed by atoms with Crippen molar-refractivity contribution in [2.45, 2.75) is 142 Å². The lowest BCUT2D eigenvalue weighted by molar-refractivity contribution is -0.524. The minimum atomic E-state index is 1.31. The predicted octanol–water partition coefficient (Wildman–Crippen LogP) is 9.68. The van der Waals surface area contributed by atoms with Crippen molar-refractivity contribution in [3.63, 3.8) is 0 Å². The van der Waals surface area contributed by atoms with E-state index in [1.807, 2.05) is 0 Å². The van der Waals surface area contributed by atoms with Crippen LogP contribution in [0, 0.1) is 0 Å². The molecule has 0 aromatic rings. The Bertz CT molecular complexity index is 360. The van der Waals surface area contributed by atoms with E-state index in [4.69, 9.17) is 0 Å². The Morgan fingerprint density at radius 1 is 0.467 bits per heavy atom. The van der Waals surface area contributed by atoms with Crippen molar-refractivity contribution in [2.75, 3.05) is 24.6 Å². The van der Waals surface area contributed by atoms with E-state index in [0.29, 0.717) is 0 Å². The summed E-state index contributed by atoms with van der Waals surface area (Å²) in [6.45, 7) is 7.23. The monoisotopic (exact) mass is 456 g/mol. The molecule has 1 nitrogen and oxygen atoms in total. The Hall–Kier alpha value is 0.370. The van der Waals surface area contributed by atoms with Crippen LogP contribution in [0.4, 0.5) is 0 Å². The van der Waals surface area contributed by atoms with Crippen molar-refractivity contribution in [3.05, 3.63) is 0 Å². The Morgan fingerprint density at radius 2 is 0.767 bits per heavy atom. The average Bonchev–Trinajstić information content (AvgIpc) is 3.29. The van der Waals surface area contributed by atoms with Crippen molar-refractivity contribution in [1.29, 1.82) is 0 Å². The number of nitrogens with zero attached hydrogens (tertiary/aromatic N) is 1. The molecule has 0 aliphatic carbocycles. The lowest BCUT2D eigenvalue weighted by Gasteiger charge is -2.07. The van der Waals surface area contributed by atoms with E-state index in [1.54, 1.807) is 4.38 Å². The molecule has 0 radical (unpaired) electrons. The molecule has 0 aromatic carbocycles. The molecule has 1 heterocycles. The normalized spacial score (nSPS) is 14.0. The van der Waals surface area contributed by atoms with Crippen LogP contribution < -0.4 is 0 Å². The predicted molar refractivity (Wildman–Crippen MR) is 144 cm³/mol. The first-order valence-corrected chi connectivity index (χ1v) is 15.7. The first-order valence-electron chi connectivity index (χ1n) is 13.8. The zero-order valence-corrected chi connectivity index (χ0v) is 22.4. The summed E-state index contributed by atoms with van der Waals surface area (Å²) in [6.07, 6.45) is 28.8. The molecule has 0 unspecified atom stereocenters. The molecule has 0 aromatic heterocycles. The highest BCUT2D eigenvalue weighted by molar-refractivity contribution is 8.41. The first-order chi connectivity index (χ1) is 14.9. The molecule has 0 N–H and O–H groups in total. The third kappa shape index (κ3) is 17.0. The third-order valence-corrected chi connectivity index (χ3v) is 9.15. The Balaban J connectivity index is 2.03. The lowest BCUT2D eigenvalue weighted by atomic mass is 10.1. The second-order valence-electron chi connectivity index (χ2n) is 9.31. The number of hydrogen-bond donors (Lipinski definition) is 0. The van der Waals surface area contributed by atoms with Gasteiger partial charge in [0.05, 0.1) is 0 Å². The third-order valence-electron chi connectivity index (χ3n) is 6.36. The van der Waals surface area contributed by atoms with Crippen molar-refractivity contribution < 1.29 is 4.58 Å². The smallest absolute Gasteiger partial charge is 0.219 e. The van der Waals surface area contributed by atoms with Crippen molar-refractivity contribution >= 4 is 27.9 Å². The quantitative estimate of drug-likeness (QED) is 0.118. The lowest BCUT2D eigenvalue weighted by Crippen LogP contribution is -2.19. The summed E-state index contributed by atoms with van der Waals surface area (Å²) in [7, 11) is 0. The maximum Gasteiger partial charge on any atom is 0.270 e. The number of thioether (sulfide) groups is 2. The second-order valence-corrected chi connectivity index (χ2v) is 11.7. The summed E-state index contributed by atoms with van der Waals surface area (Å²) < 4.78 is 4.39. The van der Waals surface area contributed by atoms with Gasteiger partial charge in [-0.25, -0.2) is 4.58 Å². The van der Waals surface area contributed by atoms with Crippen LogP contribution in [0.1, 0.15) is 142 Å². The van der Waals surface area contributed by atoms with E-state index in [1.165, 1.54) is 153 Å². The fourth-order valence-electron chi connectivity index (χ4n) is 4.36. The molecule has 0 amide bonds. The summed E-state index contributed by atoms with van der Waals surface area (Å²) in [5.74, 6) is 2.65. The van der Waals surface area contributed by atoms with Crippen LogP contribution in [-0.2, 0) is 0 Å². The van der Waals surface area contributed by atoms with Gasteiger partial charge in [-0.3, -0.25) is 0 Å². The van der Waals surface area contributed by atoms with E-state index in [2.05, 4.69) is 41.9 Å². The zero-order valence-electron chi connectivity index (χ0n) is 20.7. The minimum absolute atomic E-state index is 1.31. The van der Waals surface area contributed by atoms with Crippen molar-refractivity contribution in [1.82, 2.24) is 0 Å². The number of rotatable bonds is 22. The maximum absolute atomic E-state index is 2.75. The molecule has 1 rings (SSSR count). The van der Waals surface area contributed by atoms with Gasteiger partial charge >= 0.3 is 0 Å². The van der Waals surface area contributed by atoms with Crippen LogP contribution in [0.2, 0.25) is 0 Å². The van der Waals surface area contributed by atoms with Crippen LogP contribution in [0.5, 0.6) is 0 Å². The van der Waals surface area contributed by atoms with Gasteiger partial charge in [0.2, 0.25) is 0 Å². The van der Waals surface area contributed by atoms with E-state index in [0.717, 1.165) is 0 Å². The van der Waals surface area contributed by atoms with Gasteiger partial charge in [-0.15, -0.1) is 0 Å². The first kappa shape index (κ1) is 28.4. The largest absolute Gasteiger partial charge is 0.270 e. The minimum Gasteiger partial charge on any atom is -0.219 e. The maximum atomic E-state index is 2.75. The average molecular weight is 457 g/mol. The molecule has 1 aliphatic heterocycles. The summed E-state index contributed by atoms with van der Waals surface area (Å²) in [5.41, 5.74) is 0. The van der Waals surface area contributed by atoms with Gasteiger partial charge in [-0.05, 0) is 36.4 Å². The molecule has 0 spiro atoms. The van der Waals surface area contributed by atoms with Gasteiger partial charge in [-0.1, -0.05) is 117 Å². The second kappa shape index (κ2) is 22.6. The van der Waals surface area contributed by atoms with Gasteiger partial charge in [0.1, 0.15) is 13.1 Å². The summed E-state index contributed by atoms with van der Waals surface area (Å²) in [5, 5.41) is 0. The molecular formula is C27H54NS2+. The topological polar surface area (TPSA) is 3.01 Å². The molecular weight excluding hydrogens is 402 g/mol. The molecule has 178 valence electrons.